The predicted molar refractivity (Wildman–Crippen MR) is 99.4 cm³/mol. The second kappa shape index (κ2) is 6.40. The third-order valence-corrected chi connectivity index (χ3v) is 4.94. The zero-order valence-corrected chi connectivity index (χ0v) is 15.6. The van der Waals surface area contributed by atoms with Gasteiger partial charge in [0, 0.05) is 0 Å². The van der Waals surface area contributed by atoms with Crippen LogP contribution >= 0.6 is 0 Å². The van der Waals surface area contributed by atoms with E-state index in [1.807, 2.05) is 48.7 Å². The summed E-state index contributed by atoms with van der Waals surface area (Å²) in [4.78, 5) is 12.6. The van der Waals surface area contributed by atoms with Gasteiger partial charge in [0.05, 0.1) is 6.33 Å². The maximum Gasteiger partial charge on any atom is 0.167 e. The topological polar surface area (TPSA) is 107 Å². The van der Waals surface area contributed by atoms with Gasteiger partial charge in [0.15, 0.2) is 23.5 Å². The van der Waals surface area contributed by atoms with Crippen molar-refractivity contribution in [3.63, 3.8) is 0 Å². The van der Waals surface area contributed by atoms with Crippen LogP contribution in [0.4, 0.5) is 5.82 Å². The Bertz CT molecular complexity index is 992. The van der Waals surface area contributed by atoms with E-state index >= 15 is 0 Å². The number of anilines is 1. The number of aromatic nitrogens is 4. The average Bonchev–Trinajstić information content (AvgIpc) is 3.33. The highest BCUT2D eigenvalue weighted by Crippen LogP contribution is 2.43. The number of rotatable bonds is 4. The molecular formula is C19H21N5O4. The molecule has 0 saturated carbocycles. The number of hydrogen-bond donors (Lipinski definition) is 1. The van der Waals surface area contributed by atoms with Gasteiger partial charge in [0.1, 0.15) is 42.5 Å². The lowest BCUT2D eigenvalue weighted by atomic mass is 10.1. The van der Waals surface area contributed by atoms with E-state index in [-0.39, 0.29) is 18.3 Å². The molecule has 9 heteroatoms. The van der Waals surface area contributed by atoms with E-state index in [0.717, 1.165) is 5.75 Å². The van der Waals surface area contributed by atoms with Crippen LogP contribution in [0.25, 0.3) is 11.2 Å². The number of benzene rings is 1. The second-order valence-electron chi connectivity index (χ2n) is 7.34. The molecule has 146 valence electrons. The van der Waals surface area contributed by atoms with Crippen LogP contribution in [0.1, 0.15) is 20.1 Å². The van der Waals surface area contributed by atoms with Crippen molar-refractivity contribution in [1.82, 2.24) is 19.5 Å². The van der Waals surface area contributed by atoms with Crippen LogP contribution in [-0.4, -0.2) is 50.2 Å². The molecule has 5 rings (SSSR count). The van der Waals surface area contributed by atoms with Gasteiger partial charge in [0.25, 0.3) is 0 Å². The molecule has 0 spiro atoms. The molecule has 28 heavy (non-hydrogen) atoms. The van der Waals surface area contributed by atoms with Crippen LogP contribution in [-0.2, 0) is 14.2 Å². The van der Waals surface area contributed by atoms with Gasteiger partial charge in [-0.2, -0.15) is 0 Å². The lowest BCUT2D eigenvalue weighted by molar-refractivity contribution is -0.198. The highest BCUT2D eigenvalue weighted by Gasteiger charge is 2.56. The molecule has 2 saturated heterocycles. The van der Waals surface area contributed by atoms with Crippen molar-refractivity contribution in [3.05, 3.63) is 43.0 Å². The Morgan fingerprint density at radius 1 is 1.11 bits per heavy atom. The first-order chi connectivity index (χ1) is 13.5. The molecule has 0 aliphatic carbocycles. The Balaban J connectivity index is 1.44. The van der Waals surface area contributed by atoms with E-state index in [9.17, 15) is 0 Å². The SMILES string of the molecule is CC1(C)O[C@@H]2[C@H](O1)[C@@H](COc1ccccc1)O[C@H]2n1cnc2c(N)ncnc21. The van der Waals surface area contributed by atoms with Gasteiger partial charge in [-0.15, -0.1) is 0 Å². The van der Waals surface area contributed by atoms with E-state index in [2.05, 4.69) is 15.0 Å². The van der Waals surface area contributed by atoms with E-state index in [0.29, 0.717) is 23.6 Å². The minimum absolute atomic E-state index is 0.277. The fourth-order valence-electron chi connectivity index (χ4n) is 3.77. The lowest BCUT2D eigenvalue weighted by Crippen LogP contribution is -2.33. The summed E-state index contributed by atoms with van der Waals surface area (Å²) < 4.78 is 26.3. The van der Waals surface area contributed by atoms with Crippen molar-refractivity contribution in [1.29, 1.82) is 0 Å². The van der Waals surface area contributed by atoms with Gasteiger partial charge < -0.3 is 24.7 Å². The molecule has 3 aromatic rings. The molecule has 2 aliphatic rings. The number of nitrogens with two attached hydrogens (primary N) is 1. The molecular weight excluding hydrogens is 362 g/mol. The smallest absolute Gasteiger partial charge is 0.167 e. The fraction of sp³-hybridized carbons (Fsp3) is 0.421. The summed E-state index contributed by atoms with van der Waals surface area (Å²) in [5.41, 5.74) is 7.04. The Labute approximate surface area is 161 Å². The molecule has 0 bridgehead atoms. The first-order valence-corrected chi connectivity index (χ1v) is 9.14. The van der Waals surface area contributed by atoms with Crippen LogP contribution in [0.3, 0.4) is 0 Å². The largest absolute Gasteiger partial charge is 0.491 e. The summed E-state index contributed by atoms with van der Waals surface area (Å²) in [5.74, 6) is 0.385. The standard InChI is InChI=1S/C19H21N5O4/c1-19(2)27-14-12(8-25-11-6-4-3-5-7-11)26-18(15(14)28-19)24-10-23-13-16(20)21-9-22-17(13)24/h3-7,9-10,12,14-15,18H,8H2,1-2H3,(H2,20,21,22)/t12-,14-,15-,18-/m1/s1. The van der Waals surface area contributed by atoms with E-state index in [1.165, 1.54) is 6.33 Å². The second-order valence-corrected chi connectivity index (χ2v) is 7.34. The molecule has 1 aromatic carbocycles. The number of ether oxygens (including phenoxy) is 4. The van der Waals surface area contributed by atoms with Gasteiger partial charge in [0.2, 0.25) is 0 Å². The van der Waals surface area contributed by atoms with Gasteiger partial charge >= 0.3 is 0 Å². The third kappa shape index (κ3) is 2.88. The summed E-state index contributed by atoms with van der Waals surface area (Å²) in [7, 11) is 0. The van der Waals surface area contributed by atoms with Crippen molar-refractivity contribution < 1.29 is 18.9 Å². The summed E-state index contributed by atoms with van der Waals surface area (Å²) in [6.45, 7) is 4.12. The number of hydrogen-bond acceptors (Lipinski definition) is 8. The van der Waals surface area contributed by atoms with Crippen LogP contribution in [0.15, 0.2) is 43.0 Å². The summed E-state index contributed by atoms with van der Waals surface area (Å²) in [5, 5.41) is 0. The molecule has 0 unspecified atom stereocenters. The average molecular weight is 383 g/mol. The van der Waals surface area contributed by atoms with E-state index < -0.39 is 12.0 Å². The lowest BCUT2D eigenvalue weighted by Gasteiger charge is -2.24. The molecule has 2 N–H and O–H groups in total. The zero-order valence-electron chi connectivity index (χ0n) is 15.6. The molecule has 9 nitrogen and oxygen atoms in total. The number of nitrogen functional groups attached to an aromatic ring is 1. The van der Waals surface area contributed by atoms with Crippen molar-refractivity contribution in [2.24, 2.45) is 0 Å². The molecule has 0 radical (unpaired) electrons. The molecule has 4 atom stereocenters. The van der Waals surface area contributed by atoms with Crippen LogP contribution in [0.5, 0.6) is 5.75 Å². The number of nitrogens with zero attached hydrogens (tertiary/aromatic N) is 4. The minimum Gasteiger partial charge on any atom is -0.491 e. The maximum atomic E-state index is 6.28. The van der Waals surface area contributed by atoms with Crippen molar-refractivity contribution in [2.75, 3.05) is 12.3 Å². The highest BCUT2D eigenvalue weighted by molar-refractivity contribution is 5.81. The monoisotopic (exact) mass is 383 g/mol. The summed E-state index contributed by atoms with van der Waals surface area (Å²) in [6, 6.07) is 9.61. The zero-order chi connectivity index (χ0) is 19.3. The highest BCUT2D eigenvalue weighted by atomic mass is 16.8. The quantitative estimate of drug-likeness (QED) is 0.728. The summed E-state index contributed by atoms with van der Waals surface area (Å²) in [6.07, 6.45) is 1.68. The Morgan fingerprint density at radius 2 is 1.89 bits per heavy atom. The van der Waals surface area contributed by atoms with E-state index in [1.54, 1.807) is 6.33 Å². The first kappa shape index (κ1) is 17.4. The maximum absolute atomic E-state index is 6.28. The Morgan fingerprint density at radius 3 is 2.71 bits per heavy atom. The number of imidazole rings is 1. The molecule has 2 aromatic heterocycles. The Hall–Kier alpha value is -2.75. The van der Waals surface area contributed by atoms with E-state index in [4.69, 9.17) is 24.7 Å². The van der Waals surface area contributed by atoms with Crippen LogP contribution in [0.2, 0.25) is 0 Å². The molecule has 4 heterocycles. The van der Waals surface area contributed by atoms with Crippen LogP contribution < -0.4 is 10.5 Å². The summed E-state index contributed by atoms with van der Waals surface area (Å²) >= 11 is 0. The van der Waals surface area contributed by atoms with Crippen molar-refractivity contribution in [3.8, 4) is 5.75 Å². The predicted octanol–water partition coefficient (Wildman–Crippen LogP) is 1.91. The number of fused-ring (bicyclic) bond motifs is 2. The fourth-order valence-corrected chi connectivity index (χ4v) is 3.77. The Kier molecular flexibility index (Phi) is 3.97. The van der Waals surface area contributed by atoms with Gasteiger partial charge in [-0.05, 0) is 26.0 Å². The molecule has 0 amide bonds. The van der Waals surface area contributed by atoms with Gasteiger partial charge in [-0.25, -0.2) is 15.0 Å². The third-order valence-electron chi connectivity index (χ3n) is 4.94. The number of para-hydroxylation sites is 1. The first-order valence-electron chi connectivity index (χ1n) is 9.14. The van der Waals surface area contributed by atoms with Crippen molar-refractivity contribution >= 4 is 17.0 Å². The van der Waals surface area contributed by atoms with Gasteiger partial charge in [-0.1, -0.05) is 18.2 Å². The molecule has 2 fully saturated rings. The van der Waals surface area contributed by atoms with Crippen molar-refractivity contribution in [2.45, 2.75) is 44.2 Å². The normalized spacial score (nSPS) is 28.5. The minimum atomic E-state index is -0.716. The van der Waals surface area contributed by atoms with Crippen LogP contribution in [0, 0.1) is 0 Å². The van der Waals surface area contributed by atoms with Gasteiger partial charge in [-0.3, -0.25) is 4.57 Å². The molecule has 2 aliphatic heterocycles.